The molecule has 1 heterocycles. The van der Waals surface area contributed by atoms with Gasteiger partial charge in [-0.25, -0.2) is 4.79 Å². The minimum atomic E-state index is -0.410. The molecule has 2 radical (unpaired) electrons. The Labute approximate surface area is 71.1 Å². The van der Waals surface area contributed by atoms with Gasteiger partial charge < -0.3 is 10.1 Å². The van der Waals surface area contributed by atoms with Gasteiger partial charge >= 0.3 is 6.09 Å². The van der Waals surface area contributed by atoms with Gasteiger partial charge in [-0.2, -0.15) is 0 Å². The molecular formula is C8H6BNO2. The number of amides is 1. The fraction of sp³-hybridized carbons (Fsp3) is 0.125. The van der Waals surface area contributed by atoms with E-state index in [1.54, 1.807) is 18.2 Å². The summed E-state index contributed by atoms with van der Waals surface area (Å²) >= 11 is 0. The summed E-state index contributed by atoms with van der Waals surface area (Å²) in [5.74, 6) is 0.591. The molecule has 1 aromatic carbocycles. The second-order valence-corrected chi connectivity index (χ2v) is 2.61. The van der Waals surface area contributed by atoms with Gasteiger partial charge in [-0.05, 0) is 6.07 Å². The summed E-state index contributed by atoms with van der Waals surface area (Å²) < 4.78 is 4.88. The molecule has 12 heavy (non-hydrogen) atoms. The van der Waals surface area contributed by atoms with E-state index < -0.39 is 6.09 Å². The van der Waals surface area contributed by atoms with Crippen LogP contribution in [0.25, 0.3) is 0 Å². The predicted molar refractivity (Wildman–Crippen MR) is 44.7 cm³/mol. The smallest absolute Gasteiger partial charge is 0.410 e. The number of hydrogen-bond donors (Lipinski definition) is 1. The summed E-state index contributed by atoms with van der Waals surface area (Å²) in [6.45, 7) is 0.485. The quantitative estimate of drug-likeness (QED) is 0.544. The summed E-state index contributed by atoms with van der Waals surface area (Å²) in [6.07, 6.45) is -0.410. The average Bonchev–Trinajstić information content (AvgIpc) is 2.05. The molecule has 58 valence electrons. The van der Waals surface area contributed by atoms with Crippen LogP contribution in [0.5, 0.6) is 5.75 Å². The lowest BCUT2D eigenvalue weighted by atomic mass is 9.94. The van der Waals surface area contributed by atoms with Crippen molar-refractivity contribution in [2.24, 2.45) is 0 Å². The molecule has 0 unspecified atom stereocenters. The fourth-order valence-electron chi connectivity index (χ4n) is 1.14. The van der Waals surface area contributed by atoms with E-state index in [9.17, 15) is 4.79 Å². The number of benzene rings is 1. The lowest BCUT2D eigenvalue weighted by Gasteiger charge is -2.16. The summed E-state index contributed by atoms with van der Waals surface area (Å²) in [7, 11) is 5.55. The first-order valence-corrected chi connectivity index (χ1v) is 3.60. The average molecular weight is 159 g/mol. The van der Waals surface area contributed by atoms with Gasteiger partial charge in [0.15, 0.2) is 0 Å². The number of ether oxygens (including phenoxy) is 1. The highest BCUT2D eigenvalue weighted by atomic mass is 16.6. The summed E-state index contributed by atoms with van der Waals surface area (Å²) in [5, 5.41) is 2.55. The zero-order valence-corrected chi connectivity index (χ0v) is 6.33. The highest BCUT2D eigenvalue weighted by Gasteiger charge is 2.14. The van der Waals surface area contributed by atoms with Crippen LogP contribution in [-0.2, 0) is 6.54 Å². The van der Waals surface area contributed by atoms with Crippen molar-refractivity contribution < 1.29 is 9.53 Å². The first-order chi connectivity index (χ1) is 5.75. The Morgan fingerprint density at radius 1 is 1.50 bits per heavy atom. The van der Waals surface area contributed by atoms with Crippen LogP contribution < -0.4 is 15.5 Å². The topological polar surface area (TPSA) is 38.3 Å². The Morgan fingerprint density at radius 2 is 2.33 bits per heavy atom. The molecule has 1 aliphatic heterocycles. The highest BCUT2D eigenvalue weighted by Crippen LogP contribution is 2.19. The molecule has 0 spiro atoms. The standard InChI is InChI=1S/C8H6BNO2/c9-6-1-2-7-5(3-6)4-10-8(11)12-7/h1-3H,4H2,(H,10,11). The minimum Gasteiger partial charge on any atom is -0.410 e. The Kier molecular flexibility index (Phi) is 1.53. The molecule has 1 amide bonds. The van der Waals surface area contributed by atoms with Gasteiger partial charge in [-0.1, -0.05) is 17.6 Å². The third kappa shape index (κ3) is 1.16. The molecular weight excluding hydrogens is 153 g/mol. The Bertz CT molecular complexity index is 338. The molecule has 0 saturated heterocycles. The summed E-state index contributed by atoms with van der Waals surface area (Å²) in [5.41, 5.74) is 1.59. The van der Waals surface area contributed by atoms with Gasteiger partial charge in [0.1, 0.15) is 13.6 Å². The van der Waals surface area contributed by atoms with Gasteiger partial charge in [0, 0.05) is 12.1 Å². The molecule has 1 aliphatic rings. The van der Waals surface area contributed by atoms with Gasteiger partial charge in [0.2, 0.25) is 0 Å². The molecule has 0 aliphatic carbocycles. The second-order valence-electron chi connectivity index (χ2n) is 2.61. The van der Waals surface area contributed by atoms with Crippen molar-refractivity contribution in [3.63, 3.8) is 0 Å². The Hall–Kier alpha value is -1.45. The zero-order chi connectivity index (χ0) is 8.55. The van der Waals surface area contributed by atoms with E-state index in [1.807, 2.05) is 0 Å². The van der Waals surface area contributed by atoms with Crippen LogP contribution in [0.2, 0.25) is 0 Å². The van der Waals surface area contributed by atoms with E-state index in [0.29, 0.717) is 17.8 Å². The minimum absolute atomic E-state index is 0.410. The number of hydrogen-bond acceptors (Lipinski definition) is 2. The first kappa shape index (κ1) is 7.22. The summed E-state index contributed by atoms with van der Waals surface area (Å²) in [6, 6.07) is 5.19. The lowest BCUT2D eigenvalue weighted by molar-refractivity contribution is 0.194. The third-order valence-corrected chi connectivity index (χ3v) is 1.71. The van der Waals surface area contributed by atoms with E-state index in [0.717, 1.165) is 5.56 Å². The van der Waals surface area contributed by atoms with Crippen LogP contribution in [0, 0.1) is 0 Å². The highest BCUT2D eigenvalue weighted by molar-refractivity contribution is 6.32. The van der Waals surface area contributed by atoms with Crippen LogP contribution in [0.3, 0.4) is 0 Å². The van der Waals surface area contributed by atoms with E-state index in [2.05, 4.69) is 5.32 Å². The van der Waals surface area contributed by atoms with Crippen LogP contribution in [0.15, 0.2) is 18.2 Å². The number of nitrogens with one attached hydrogen (secondary N) is 1. The van der Waals surface area contributed by atoms with E-state index in [4.69, 9.17) is 12.6 Å². The van der Waals surface area contributed by atoms with Gasteiger partial charge in [0.05, 0.1) is 0 Å². The van der Waals surface area contributed by atoms with E-state index >= 15 is 0 Å². The third-order valence-electron chi connectivity index (χ3n) is 1.71. The largest absolute Gasteiger partial charge is 0.412 e. The Morgan fingerprint density at radius 3 is 3.17 bits per heavy atom. The maximum atomic E-state index is 10.7. The number of rotatable bonds is 0. The molecule has 0 aromatic heterocycles. The van der Waals surface area contributed by atoms with Crippen molar-refractivity contribution in [1.82, 2.24) is 5.32 Å². The SMILES string of the molecule is [B]c1ccc2c(c1)CNC(=O)O2. The zero-order valence-electron chi connectivity index (χ0n) is 6.33. The molecule has 0 atom stereocenters. The van der Waals surface area contributed by atoms with Gasteiger partial charge in [-0.15, -0.1) is 0 Å². The fourth-order valence-corrected chi connectivity index (χ4v) is 1.14. The van der Waals surface area contributed by atoms with Crippen molar-refractivity contribution in [2.45, 2.75) is 6.54 Å². The van der Waals surface area contributed by atoms with Crippen LogP contribution in [0.4, 0.5) is 4.79 Å². The summed E-state index contributed by atoms with van der Waals surface area (Å²) in [4.78, 5) is 10.7. The molecule has 0 bridgehead atoms. The first-order valence-electron chi connectivity index (χ1n) is 3.60. The normalized spacial score (nSPS) is 14.5. The van der Waals surface area contributed by atoms with Crippen molar-refractivity contribution >= 4 is 19.4 Å². The molecule has 1 N–H and O–H groups in total. The van der Waals surface area contributed by atoms with Gasteiger partial charge in [-0.3, -0.25) is 0 Å². The maximum absolute atomic E-state index is 10.7. The monoisotopic (exact) mass is 159 g/mol. The second kappa shape index (κ2) is 2.55. The molecule has 0 saturated carbocycles. The predicted octanol–water partition coefficient (Wildman–Crippen LogP) is 0.0824. The van der Waals surface area contributed by atoms with Crippen molar-refractivity contribution in [3.05, 3.63) is 23.8 Å². The van der Waals surface area contributed by atoms with Crippen LogP contribution in [0.1, 0.15) is 5.56 Å². The number of fused-ring (bicyclic) bond motifs is 1. The number of carbonyl (C=O) groups excluding carboxylic acids is 1. The van der Waals surface area contributed by atoms with Crippen molar-refractivity contribution in [1.29, 1.82) is 0 Å². The van der Waals surface area contributed by atoms with Gasteiger partial charge in [0.25, 0.3) is 0 Å². The van der Waals surface area contributed by atoms with Crippen LogP contribution in [-0.4, -0.2) is 13.9 Å². The molecule has 0 fully saturated rings. The van der Waals surface area contributed by atoms with E-state index in [1.165, 1.54) is 0 Å². The molecule has 1 aromatic rings. The maximum Gasteiger partial charge on any atom is 0.412 e. The lowest BCUT2D eigenvalue weighted by Crippen LogP contribution is -2.31. The van der Waals surface area contributed by atoms with E-state index in [-0.39, 0.29) is 0 Å². The Balaban J connectivity index is 2.43. The van der Waals surface area contributed by atoms with Crippen molar-refractivity contribution in [3.8, 4) is 5.75 Å². The van der Waals surface area contributed by atoms with Crippen molar-refractivity contribution in [2.75, 3.05) is 0 Å². The van der Waals surface area contributed by atoms with Crippen LogP contribution >= 0.6 is 0 Å². The molecule has 3 nitrogen and oxygen atoms in total. The number of carbonyl (C=O) groups is 1. The molecule has 2 rings (SSSR count). The molecule has 4 heteroatoms.